The third kappa shape index (κ3) is 5.92. The van der Waals surface area contributed by atoms with E-state index in [1.807, 2.05) is 48.2 Å². The minimum Gasteiger partial charge on any atom is -0.481 e. The van der Waals surface area contributed by atoms with Gasteiger partial charge in [-0.3, -0.25) is 24.1 Å². The van der Waals surface area contributed by atoms with Crippen molar-refractivity contribution in [1.82, 2.24) is 33.9 Å². The Morgan fingerprint density at radius 2 is 1.57 bits per heavy atom. The van der Waals surface area contributed by atoms with E-state index in [1.54, 1.807) is 44.1 Å². The number of rotatable bonds is 8. The summed E-state index contributed by atoms with van der Waals surface area (Å²) in [4.78, 5) is 26.8. The monoisotopic (exact) mass is 675 g/mol. The summed E-state index contributed by atoms with van der Waals surface area (Å²) in [6, 6.07) is 13.1. The average Bonchev–Trinajstić information content (AvgIpc) is 3.42. The maximum Gasteiger partial charge on any atom is 0.277 e. The molecule has 0 spiro atoms. The zero-order valence-electron chi connectivity index (χ0n) is 26.5. The summed E-state index contributed by atoms with van der Waals surface area (Å²) in [6.45, 7) is 6.92. The zero-order chi connectivity index (χ0) is 33.2. The number of hydrogen-bond donors (Lipinski definition) is 2. The summed E-state index contributed by atoms with van der Waals surface area (Å²) in [5.74, 6) is 1.09. The van der Waals surface area contributed by atoms with Crippen LogP contribution in [-0.2, 0) is 20.1 Å². The van der Waals surface area contributed by atoms with Crippen molar-refractivity contribution >= 4 is 28.7 Å². The molecule has 0 saturated carbocycles. The fourth-order valence-corrected chi connectivity index (χ4v) is 7.30. The Hall–Kier alpha value is -3.84. The Bertz CT molecular complexity index is 2080. The molecule has 11 nitrogen and oxygen atoms in total. The maximum absolute atomic E-state index is 13.3. The Morgan fingerprint density at radius 3 is 2.26 bits per heavy atom. The molecule has 2 aliphatic rings. The van der Waals surface area contributed by atoms with Gasteiger partial charge in [0, 0.05) is 80.0 Å². The maximum atomic E-state index is 13.3. The van der Waals surface area contributed by atoms with Crippen LogP contribution in [0, 0.1) is 0 Å². The lowest BCUT2D eigenvalue weighted by molar-refractivity contribution is -0.0886. The van der Waals surface area contributed by atoms with Crippen molar-refractivity contribution in [3.63, 3.8) is 0 Å². The number of pyridine rings is 2. The van der Waals surface area contributed by atoms with E-state index in [0.717, 1.165) is 5.56 Å². The van der Waals surface area contributed by atoms with Crippen LogP contribution in [0.2, 0.25) is 10.0 Å². The predicted molar refractivity (Wildman–Crippen MR) is 181 cm³/mol. The summed E-state index contributed by atoms with van der Waals surface area (Å²) in [6.07, 6.45) is 3.42. The number of benzene rings is 1. The highest BCUT2D eigenvalue weighted by molar-refractivity contribution is 6.39. The van der Waals surface area contributed by atoms with Gasteiger partial charge in [0.05, 0.1) is 46.3 Å². The lowest BCUT2D eigenvalue weighted by Gasteiger charge is -2.44. The molecule has 2 aliphatic heterocycles. The van der Waals surface area contributed by atoms with Crippen LogP contribution >= 0.6 is 23.2 Å². The van der Waals surface area contributed by atoms with Crippen LogP contribution < -0.4 is 10.3 Å². The van der Waals surface area contributed by atoms with E-state index >= 15 is 0 Å². The Kier molecular flexibility index (Phi) is 7.90. The second-order valence-corrected chi connectivity index (χ2v) is 13.9. The van der Waals surface area contributed by atoms with E-state index in [0.29, 0.717) is 100 Å². The van der Waals surface area contributed by atoms with Gasteiger partial charge in [-0.25, -0.2) is 9.50 Å². The quantitative estimate of drug-likeness (QED) is 0.248. The van der Waals surface area contributed by atoms with E-state index in [9.17, 15) is 15.0 Å². The van der Waals surface area contributed by atoms with Gasteiger partial charge >= 0.3 is 0 Å². The van der Waals surface area contributed by atoms with Crippen LogP contribution in [0.1, 0.15) is 25.2 Å². The van der Waals surface area contributed by atoms with Gasteiger partial charge in [-0.1, -0.05) is 47.5 Å². The first-order chi connectivity index (χ1) is 22.3. The molecule has 7 rings (SSSR count). The van der Waals surface area contributed by atoms with Gasteiger partial charge in [0.15, 0.2) is 0 Å². The molecule has 0 radical (unpaired) electrons. The minimum absolute atomic E-state index is 0.192. The first kappa shape index (κ1) is 31.7. The molecule has 0 unspecified atom stereocenters. The molecule has 0 aliphatic carbocycles. The summed E-state index contributed by atoms with van der Waals surface area (Å²) in [7, 11) is 3.29. The highest BCUT2D eigenvalue weighted by atomic mass is 35.5. The van der Waals surface area contributed by atoms with Crippen LogP contribution in [0.3, 0.4) is 0 Å². The fraction of sp³-hybridized carbons (Fsp3) is 0.353. The number of halogens is 2. The topological polar surface area (TPSA) is 121 Å². The highest BCUT2D eigenvalue weighted by Crippen LogP contribution is 2.42. The Labute approximate surface area is 281 Å². The standard InChI is InChI=1S/C34H35Cl2N7O4/c1-33(45)16-41(17-33)13-20-8-9-25(38-31(20)47-4)24-7-5-6-22(28(24)35)23-10-11-37-30(29(23)36)21-12-26-32(44)40(3)27(39-43(26)14-21)15-42-18-34(2,46)19-42/h5-12,14,45-46H,13,15-19H2,1-4H3. The lowest BCUT2D eigenvalue weighted by atomic mass is 9.96. The number of hydrogen-bond acceptors (Lipinski definition) is 9. The normalized spacial score (nSPS) is 17.4. The van der Waals surface area contributed by atoms with Crippen LogP contribution in [0.15, 0.2) is 59.7 Å². The zero-order valence-corrected chi connectivity index (χ0v) is 28.0. The molecule has 2 fully saturated rings. The Morgan fingerprint density at radius 1 is 0.915 bits per heavy atom. The molecule has 6 heterocycles. The SMILES string of the molecule is COc1nc(-c2cccc(-c3ccnc(-c4cc5c(=O)n(C)c(CN6CC(C)(O)C6)nn5c4)c3Cl)c2Cl)ccc1CN1CC(C)(O)C1. The number of nitrogens with zero attached hydrogens (tertiary/aromatic N) is 7. The molecule has 2 N–H and O–H groups in total. The lowest BCUT2D eigenvalue weighted by Crippen LogP contribution is -2.59. The molecule has 2 saturated heterocycles. The van der Waals surface area contributed by atoms with Crippen molar-refractivity contribution in [2.75, 3.05) is 33.3 Å². The molecule has 1 aromatic carbocycles. The van der Waals surface area contributed by atoms with E-state index in [2.05, 4.69) is 9.88 Å². The molecular formula is C34H35Cl2N7O4. The van der Waals surface area contributed by atoms with E-state index in [4.69, 9.17) is 38.0 Å². The molecule has 0 bridgehead atoms. The van der Waals surface area contributed by atoms with Crippen LogP contribution in [0.25, 0.3) is 39.2 Å². The predicted octanol–water partition coefficient (Wildman–Crippen LogP) is 4.27. The van der Waals surface area contributed by atoms with Crippen molar-refractivity contribution in [1.29, 1.82) is 0 Å². The van der Waals surface area contributed by atoms with Crippen LogP contribution in [0.4, 0.5) is 0 Å². The molecule has 13 heteroatoms. The number of methoxy groups -OCH3 is 1. The third-order valence-corrected chi connectivity index (χ3v) is 9.60. The van der Waals surface area contributed by atoms with Crippen molar-refractivity contribution in [2.45, 2.75) is 38.1 Å². The van der Waals surface area contributed by atoms with Crippen molar-refractivity contribution in [3.8, 4) is 39.5 Å². The van der Waals surface area contributed by atoms with Gasteiger partial charge in [-0.15, -0.1) is 0 Å². The van der Waals surface area contributed by atoms with Gasteiger partial charge < -0.3 is 14.9 Å². The number of fused-ring (bicyclic) bond motifs is 1. The minimum atomic E-state index is -0.716. The van der Waals surface area contributed by atoms with Gasteiger partial charge in [0.2, 0.25) is 5.88 Å². The van der Waals surface area contributed by atoms with E-state index in [1.165, 1.54) is 4.57 Å². The number of likely N-dealkylation sites (tertiary alicyclic amines) is 2. The first-order valence-corrected chi connectivity index (χ1v) is 16.0. The first-order valence-electron chi connectivity index (χ1n) is 15.3. The number of ether oxygens (including phenoxy) is 1. The van der Waals surface area contributed by atoms with Crippen molar-refractivity contribution < 1.29 is 14.9 Å². The number of aromatic nitrogens is 5. The highest BCUT2D eigenvalue weighted by Gasteiger charge is 2.37. The van der Waals surface area contributed by atoms with E-state index in [-0.39, 0.29) is 5.56 Å². The second kappa shape index (κ2) is 11.7. The van der Waals surface area contributed by atoms with Gasteiger partial charge in [-0.2, -0.15) is 5.10 Å². The second-order valence-electron chi connectivity index (χ2n) is 13.2. The van der Waals surface area contributed by atoms with Crippen molar-refractivity contribution in [2.24, 2.45) is 7.05 Å². The number of β-amino-alcohol motifs (C(OH)–C–C–N with tert-alkyl or cyclic N) is 2. The molecular weight excluding hydrogens is 641 g/mol. The Balaban J connectivity index is 1.20. The van der Waals surface area contributed by atoms with Crippen LogP contribution in [-0.4, -0.2) is 88.7 Å². The summed E-state index contributed by atoms with van der Waals surface area (Å²) in [5, 5.41) is 25.8. The molecule has 0 amide bonds. The van der Waals surface area contributed by atoms with E-state index < -0.39 is 11.2 Å². The molecule has 0 atom stereocenters. The van der Waals surface area contributed by atoms with Gasteiger partial charge in [0.1, 0.15) is 11.3 Å². The summed E-state index contributed by atoms with van der Waals surface area (Å²) >= 11 is 14.1. The van der Waals surface area contributed by atoms with Crippen molar-refractivity contribution in [3.05, 3.63) is 86.6 Å². The summed E-state index contributed by atoms with van der Waals surface area (Å²) < 4.78 is 8.74. The largest absolute Gasteiger partial charge is 0.481 e. The van der Waals surface area contributed by atoms with Gasteiger partial charge in [-0.05, 0) is 32.0 Å². The van der Waals surface area contributed by atoms with Crippen LogP contribution in [0.5, 0.6) is 5.88 Å². The molecule has 47 heavy (non-hydrogen) atoms. The summed E-state index contributed by atoms with van der Waals surface area (Å²) in [5.41, 5.74) is 3.64. The third-order valence-electron chi connectivity index (χ3n) is 8.81. The molecule has 5 aromatic rings. The smallest absolute Gasteiger partial charge is 0.277 e. The average molecular weight is 677 g/mol. The number of aliphatic hydroxyl groups is 2. The van der Waals surface area contributed by atoms with Gasteiger partial charge in [0.25, 0.3) is 5.56 Å². The fourth-order valence-electron chi connectivity index (χ4n) is 6.65. The molecule has 244 valence electrons. The molecule has 4 aromatic heterocycles.